The number of benzene rings is 2. The minimum atomic E-state index is -4.47. The number of ether oxygens (including phenoxy) is 1. The molecule has 1 aliphatic rings. The predicted octanol–water partition coefficient (Wildman–Crippen LogP) is 7.57. The number of anilines is 3. The predicted molar refractivity (Wildman–Crippen MR) is 171 cm³/mol. The van der Waals surface area contributed by atoms with E-state index in [9.17, 15) is 22.8 Å². The Bertz CT molecular complexity index is 1870. The summed E-state index contributed by atoms with van der Waals surface area (Å²) >= 11 is 1.45. The molecule has 5 aromatic rings. The highest BCUT2D eigenvalue weighted by atomic mass is 32.1. The highest BCUT2D eigenvalue weighted by molar-refractivity contribution is 7.19. The molecular formula is C32H29F3N8O3S. The maximum Gasteiger partial charge on any atom is 0.416 e. The van der Waals surface area contributed by atoms with Gasteiger partial charge in [-0.15, -0.1) is 0 Å². The maximum atomic E-state index is 13.1. The third kappa shape index (κ3) is 7.57. The third-order valence-electron chi connectivity index (χ3n) is 7.09. The first-order chi connectivity index (χ1) is 22.5. The van der Waals surface area contributed by atoms with Gasteiger partial charge in [-0.25, -0.2) is 24.4 Å². The summed E-state index contributed by atoms with van der Waals surface area (Å²) < 4.78 is 46.4. The molecule has 1 saturated heterocycles. The minimum absolute atomic E-state index is 0.0648. The van der Waals surface area contributed by atoms with Crippen molar-refractivity contribution in [3.05, 3.63) is 84.4 Å². The summed E-state index contributed by atoms with van der Waals surface area (Å²) in [4.78, 5) is 40.3. The molecule has 0 saturated carbocycles. The molecule has 2 N–H and O–H groups in total. The number of hydrogen-bond donors (Lipinski definition) is 2. The van der Waals surface area contributed by atoms with E-state index in [0.717, 1.165) is 29.0 Å². The molecule has 0 atom stereocenters. The lowest BCUT2D eigenvalue weighted by atomic mass is 10.1. The van der Waals surface area contributed by atoms with E-state index in [1.807, 2.05) is 26.0 Å². The van der Waals surface area contributed by atoms with Gasteiger partial charge in [0.15, 0.2) is 5.13 Å². The molecule has 6 rings (SSSR count). The number of carbonyl (C=O) groups is 2. The number of nitrogens with zero attached hydrogens (tertiary/aromatic N) is 6. The molecule has 15 heteroatoms. The van der Waals surface area contributed by atoms with Crippen molar-refractivity contribution >= 4 is 39.9 Å². The van der Waals surface area contributed by atoms with Crippen molar-refractivity contribution in [1.82, 2.24) is 24.7 Å². The summed E-state index contributed by atoms with van der Waals surface area (Å²) in [6, 6.07) is 12.9. The highest BCUT2D eigenvalue weighted by Gasteiger charge is 2.30. The highest BCUT2D eigenvalue weighted by Crippen LogP contribution is 2.34. The van der Waals surface area contributed by atoms with E-state index in [1.54, 1.807) is 29.3 Å². The van der Waals surface area contributed by atoms with E-state index in [-0.39, 0.29) is 29.3 Å². The number of nitrogens with one attached hydrogen (secondary N) is 2. The summed E-state index contributed by atoms with van der Waals surface area (Å²) in [6.07, 6.45) is 2.04. The lowest BCUT2D eigenvalue weighted by Gasteiger charge is -2.11. The zero-order chi connectivity index (χ0) is 33.1. The minimum Gasteiger partial charge on any atom is -0.424 e. The van der Waals surface area contributed by atoms with Gasteiger partial charge >= 0.3 is 18.2 Å². The van der Waals surface area contributed by atoms with Crippen LogP contribution in [0.3, 0.4) is 0 Å². The van der Waals surface area contributed by atoms with Gasteiger partial charge in [-0.2, -0.15) is 18.3 Å². The van der Waals surface area contributed by atoms with Gasteiger partial charge in [-0.1, -0.05) is 25.2 Å². The molecule has 0 bridgehead atoms. The summed E-state index contributed by atoms with van der Waals surface area (Å²) in [5.41, 5.74) is 1.45. The van der Waals surface area contributed by atoms with Crippen molar-refractivity contribution in [2.45, 2.75) is 39.3 Å². The fourth-order valence-corrected chi connectivity index (χ4v) is 5.87. The molecule has 2 aromatic carbocycles. The number of amides is 3. The molecule has 47 heavy (non-hydrogen) atoms. The van der Waals surface area contributed by atoms with E-state index >= 15 is 0 Å². The normalized spacial score (nSPS) is 13.3. The number of hydrogen-bond acceptors (Lipinski definition) is 8. The van der Waals surface area contributed by atoms with Crippen molar-refractivity contribution in [2.24, 2.45) is 5.92 Å². The Kier molecular flexibility index (Phi) is 8.89. The summed E-state index contributed by atoms with van der Waals surface area (Å²) in [5, 5.41) is 10.5. The molecule has 1 aliphatic heterocycles. The number of thiazole rings is 1. The van der Waals surface area contributed by atoms with Gasteiger partial charge in [0, 0.05) is 25.2 Å². The molecule has 1 fully saturated rings. The molecule has 0 radical (unpaired) electrons. The number of alkyl halides is 3. The Morgan fingerprint density at radius 1 is 1.00 bits per heavy atom. The van der Waals surface area contributed by atoms with Crippen LogP contribution >= 0.6 is 11.3 Å². The summed E-state index contributed by atoms with van der Waals surface area (Å²) in [7, 11) is 0. The second kappa shape index (κ2) is 13.2. The van der Waals surface area contributed by atoms with Gasteiger partial charge in [0.25, 0.3) is 0 Å². The standard InChI is InChI=1S/C32H29F3N8O3S/c1-19(2)14-22-15-27(43(41-22)24-9-7-21(8-10-24)32(33,34)35)40-29(45)39-23-16-36-30(37-17-23)46-25-11-5-20(6-12-25)26-18-38-31(47-26)42-13-3-4-28(42)44/h5-12,15-19H,3-4,13-14H2,1-2H3,(H2,39,40,45). The SMILES string of the molecule is CC(C)Cc1cc(NC(=O)Nc2cnc(Oc3ccc(-c4cnc(N5CCCC5=O)s4)cc3)nc2)n(-c2ccc(C(F)(F)F)cc2)n1. The van der Waals surface area contributed by atoms with Gasteiger partial charge in [0.05, 0.1) is 39.9 Å². The van der Waals surface area contributed by atoms with E-state index in [0.29, 0.717) is 41.6 Å². The second-order valence-electron chi connectivity index (χ2n) is 11.2. The average Bonchev–Trinajstić information content (AvgIpc) is 3.78. The molecule has 3 amide bonds. The zero-order valence-electron chi connectivity index (χ0n) is 25.3. The van der Waals surface area contributed by atoms with Crippen LogP contribution < -0.4 is 20.3 Å². The van der Waals surface area contributed by atoms with Crippen LogP contribution in [-0.4, -0.2) is 43.2 Å². The summed E-state index contributed by atoms with van der Waals surface area (Å²) in [5.74, 6) is 1.14. The van der Waals surface area contributed by atoms with Crippen LogP contribution in [0.25, 0.3) is 16.1 Å². The lowest BCUT2D eigenvalue weighted by molar-refractivity contribution is -0.137. The van der Waals surface area contributed by atoms with Crippen LogP contribution in [0.15, 0.2) is 73.2 Å². The van der Waals surface area contributed by atoms with Crippen molar-refractivity contribution in [2.75, 3.05) is 22.1 Å². The fourth-order valence-electron chi connectivity index (χ4n) is 4.90. The van der Waals surface area contributed by atoms with Gasteiger partial charge < -0.3 is 10.1 Å². The van der Waals surface area contributed by atoms with E-state index in [4.69, 9.17) is 4.74 Å². The molecule has 4 heterocycles. The third-order valence-corrected chi connectivity index (χ3v) is 8.16. The molecule has 0 unspecified atom stereocenters. The van der Waals surface area contributed by atoms with Gasteiger partial charge in [-0.3, -0.25) is 15.0 Å². The van der Waals surface area contributed by atoms with Crippen molar-refractivity contribution in [3.8, 4) is 27.9 Å². The molecule has 242 valence electrons. The first-order valence-corrected chi connectivity index (χ1v) is 15.5. The number of aromatic nitrogens is 5. The Balaban J connectivity index is 1.08. The first-order valence-electron chi connectivity index (χ1n) is 14.7. The van der Waals surface area contributed by atoms with Crippen LogP contribution in [0.1, 0.15) is 37.9 Å². The molecular weight excluding hydrogens is 633 g/mol. The number of rotatable bonds is 9. The monoisotopic (exact) mass is 662 g/mol. The van der Waals surface area contributed by atoms with E-state index in [1.165, 1.54) is 40.5 Å². The number of halogens is 3. The van der Waals surface area contributed by atoms with E-state index in [2.05, 4.69) is 30.7 Å². The maximum absolute atomic E-state index is 13.1. The first kappa shape index (κ1) is 31.7. The van der Waals surface area contributed by atoms with Crippen molar-refractivity contribution in [3.63, 3.8) is 0 Å². The van der Waals surface area contributed by atoms with Crippen LogP contribution in [0, 0.1) is 5.92 Å². The van der Waals surface area contributed by atoms with Crippen LogP contribution in [-0.2, 0) is 17.4 Å². The zero-order valence-corrected chi connectivity index (χ0v) is 26.1. The van der Waals surface area contributed by atoms with Gasteiger partial charge in [0.1, 0.15) is 11.6 Å². The Labute approximate surface area is 271 Å². The van der Waals surface area contributed by atoms with Gasteiger partial charge in [0.2, 0.25) is 5.91 Å². The summed E-state index contributed by atoms with van der Waals surface area (Å²) in [6.45, 7) is 4.71. The molecule has 0 spiro atoms. The lowest BCUT2D eigenvalue weighted by Crippen LogP contribution is -2.23. The van der Waals surface area contributed by atoms with Crippen LogP contribution in [0.2, 0.25) is 0 Å². The average molecular weight is 663 g/mol. The van der Waals surface area contributed by atoms with Gasteiger partial charge in [-0.05, 0) is 72.9 Å². The van der Waals surface area contributed by atoms with Crippen molar-refractivity contribution < 1.29 is 27.5 Å². The molecule has 11 nitrogen and oxygen atoms in total. The second-order valence-corrected chi connectivity index (χ2v) is 12.2. The molecule has 3 aromatic heterocycles. The topological polar surface area (TPSA) is 127 Å². The quantitative estimate of drug-likeness (QED) is 0.167. The number of carbonyl (C=O) groups excluding carboxylic acids is 2. The fraction of sp³-hybridized carbons (Fsp3) is 0.250. The Morgan fingerprint density at radius 3 is 2.36 bits per heavy atom. The van der Waals surface area contributed by atoms with Crippen LogP contribution in [0.4, 0.5) is 34.6 Å². The van der Waals surface area contributed by atoms with E-state index < -0.39 is 17.8 Å². The Hall–Kier alpha value is -5.31. The largest absolute Gasteiger partial charge is 0.424 e. The van der Waals surface area contributed by atoms with Crippen molar-refractivity contribution in [1.29, 1.82) is 0 Å². The molecule has 0 aliphatic carbocycles. The smallest absolute Gasteiger partial charge is 0.416 e. The van der Waals surface area contributed by atoms with Crippen LogP contribution in [0.5, 0.6) is 11.8 Å². The Morgan fingerprint density at radius 2 is 1.72 bits per heavy atom. The number of urea groups is 1.